The number of aryl methyl sites for hydroxylation is 1. The number of benzene rings is 1. The Hall–Kier alpha value is -4.09. The van der Waals surface area contributed by atoms with Gasteiger partial charge in [-0.1, -0.05) is 0 Å². The number of likely N-dealkylation sites (tertiary alicyclic amines) is 1. The molecular formula is C24H21F4N7O. The molecule has 0 saturated carbocycles. The number of amides is 1. The summed E-state index contributed by atoms with van der Waals surface area (Å²) in [6.45, 7) is 0.476. The standard InChI is InChI=1S/C24H21F4N7O/c1-34-20(5-9-30-34)21-16-4-8-29-13-18(16)22(33-32-21)31-15-6-10-35(11-7-15)23(36)17-3-2-14(25)12-19(17)24(26,27)28/h2-5,8-9,12-13,15H,6-7,10-11H2,1H3,(H,31,33). The third-order valence-electron chi connectivity index (χ3n) is 6.29. The minimum atomic E-state index is -4.83. The molecule has 0 aliphatic carbocycles. The number of pyridine rings is 1. The minimum absolute atomic E-state index is 0.0791. The molecule has 1 amide bonds. The monoisotopic (exact) mass is 499 g/mol. The van der Waals surface area contributed by atoms with Gasteiger partial charge in [-0.15, -0.1) is 10.2 Å². The molecule has 1 saturated heterocycles. The highest BCUT2D eigenvalue weighted by Gasteiger charge is 2.37. The Morgan fingerprint density at radius 1 is 1.06 bits per heavy atom. The number of hydrogen-bond acceptors (Lipinski definition) is 6. The maximum Gasteiger partial charge on any atom is 0.417 e. The van der Waals surface area contributed by atoms with Gasteiger partial charge in [0.15, 0.2) is 5.82 Å². The number of carbonyl (C=O) groups excluding carboxylic acids is 1. The SMILES string of the molecule is Cn1nccc1-c1nnc(NC2CCN(C(=O)c3ccc(F)cc3C(F)(F)F)CC2)c2cnccc12. The van der Waals surface area contributed by atoms with Crippen molar-refractivity contribution in [2.24, 2.45) is 7.05 Å². The lowest BCUT2D eigenvalue weighted by Crippen LogP contribution is -2.43. The maximum atomic E-state index is 13.4. The van der Waals surface area contributed by atoms with E-state index in [1.54, 1.807) is 23.3 Å². The molecule has 12 heteroatoms. The van der Waals surface area contributed by atoms with E-state index in [9.17, 15) is 22.4 Å². The molecule has 0 spiro atoms. The number of nitrogens with one attached hydrogen (secondary N) is 1. The number of rotatable bonds is 4. The number of hydrogen-bond donors (Lipinski definition) is 1. The van der Waals surface area contributed by atoms with Crippen molar-refractivity contribution in [2.75, 3.05) is 18.4 Å². The fourth-order valence-corrected chi connectivity index (χ4v) is 4.43. The summed E-state index contributed by atoms with van der Waals surface area (Å²) in [5, 5.41) is 17.9. The van der Waals surface area contributed by atoms with Crippen LogP contribution in [0.4, 0.5) is 23.4 Å². The van der Waals surface area contributed by atoms with E-state index < -0.39 is 29.0 Å². The van der Waals surface area contributed by atoms with E-state index in [2.05, 4.69) is 25.6 Å². The van der Waals surface area contributed by atoms with E-state index in [-0.39, 0.29) is 19.1 Å². The molecule has 4 heterocycles. The fourth-order valence-electron chi connectivity index (χ4n) is 4.43. The van der Waals surface area contributed by atoms with Crippen molar-refractivity contribution >= 4 is 22.5 Å². The summed E-state index contributed by atoms with van der Waals surface area (Å²) in [5.41, 5.74) is -0.353. The van der Waals surface area contributed by atoms with Crippen LogP contribution in [0.5, 0.6) is 0 Å². The molecule has 5 rings (SSSR count). The molecule has 3 aromatic heterocycles. The van der Waals surface area contributed by atoms with Gasteiger partial charge in [-0.2, -0.15) is 18.3 Å². The van der Waals surface area contributed by atoms with Crippen LogP contribution in [-0.4, -0.2) is 54.9 Å². The first-order valence-electron chi connectivity index (χ1n) is 11.2. The first kappa shape index (κ1) is 23.6. The number of nitrogens with zero attached hydrogens (tertiary/aromatic N) is 6. The van der Waals surface area contributed by atoms with Crippen LogP contribution in [0.15, 0.2) is 48.9 Å². The number of anilines is 1. The van der Waals surface area contributed by atoms with E-state index in [4.69, 9.17) is 0 Å². The van der Waals surface area contributed by atoms with Crippen molar-refractivity contribution in [1.29, 1.82) is 0 Å². The summed E-state index contributed by atoms with van der Waals surface area (Å²) in [6.07, 6.45) is 1.18. The highest BCUT2D eigenvalue weighted by Crippen LogP contribution is 2.34. The smallest absolute Gasteiger partial charge is 0.365 e. The molecule has 0 radical (unpaired) electrons. The molecule has 4 aromatic rings. The van der Waals surface area contributed by atoms with Gasteiger partial charge in [0.25, 0.3) is 5.91 Å². The molecular weight excluding hydrogens is 478 g/mol. The van der Waals surface area contributed by atoms with Crippen LogP contribution >= 0.6 is 0 Å². The van der Waals surface area contributed by atoms with Crippen molar-refractivity contribution < 1.29 is 22.4 Å². The largest absolute Gasteiger partial charge is 0.417 e. The van der Waals surface area contributed by atoms with Gasteiger partial charge in [-0.3, -0.25) is 14.5 Å². The van der Waals surface area contributed by atoms with Crippen molar-refractivity contribution in [2.45, 2.75) is 25.1 Å². The van der Waals surface area contributed by atoms with Crippen LogP contribution in [0, 0.1) is 5.82 Å². The van der Waals surface area contributed by atoms with Crippen molar-refractivity contribution in [1.82, 2.24) is 29.9 Å². The summed E-state index contributed by atoms with van der Waals surface area (Å²) >= 11 is 0. The highest BCUT2D eigenvalue weighted by atomic mass is 19.4. The van der Waals surface area contributed by atoms with Gasteiger partial charge in [0.2, 0.25) is 0 Å². The zero-order chi connectivity index (χ0) is 25.4. The Morgan fingerprint density at radius 3 is 2.53 bits per heavy atom. The molecule has 1 aromatic carbocycles. The number of aromatic nitrogens is 5. The normalized spacial score (nSPS) is 14.9. The molecule has 1 fully saturated rings. The van der Waals surface area contributed by atoms with Gasteiger partial charge in [0, 0.05) is 55.5 Å². The molecule has 0 bridgehead atoms. The zero-order valence-electron chi connectivity index (χ0n) is 19.1. The Bertz CT molecular complexity index is 1430. The third-order valence-corrected chi connectivity index (χ3v) is 6.29. The second kappa shape index (κ2) is 9.17. The molecule has 8 nitrogen and oxygen atoms in total. The topological polar surface area (TPSA) is 88.8 Å². The van der Waals surface area contributed by atoms with Crippen molar-refractivity contribution in [3.63, 3.8) is 0 Å². The molecule has 186 valence electrons. The first-order chi connectivity index (χ1) is 17.2. The van der Waals surface area contributed by atoms with E-state index in [0.29, 0.717) is 30.4 Å². The molecule has 1 N–H and O–H groups in total. The Kier molecular flexibility index (Phi) is 6.02. The molecule has 1 aliphatic heterocycles. The van der Waals surface area contributed by atoms with Crippen molar-refractivity contribution in [3.8, 4) is 11.4 Å². The summed E-state index contributed by atoms with van der Waals surface area (Å²) in [5.74, 6) is -1.28. The number of carbonyl (C=O) groups is 1. The minimum Gasteiger partial charge on any atom is -0.365 e. The maximum absolute atomic E-state index is 13.4. The van der Waals surface area contributed by atoms with Crippen LogP contribution < -0.4 is 5.32 Å². The van der Waals surface area contributed by atoms with Gasteiger partial charge in [-0.05, 0) is 43.2 Å². The van der Waals surface area contributed by atoms with Gasteiger partial charge < -0.3 is 10.2 Å². The van der Waals surface area contributed by atoms with Crippen LogP contribution in [0.1, 0.15) is 28.8 Å². The Morgan fingerprint density at radius 2 is 1.83 bits per heavy atom. The quantitative estimate of drug-likeness (QED) is 0.422. The average molecular weight is 499 g/mol. The van der Waals surface area contributed by atoms with E-state index in [1.807, 2.05) is 19.2 Å². The second-order valence-electron chi connectivity index (χ2n) is 8.56. The summed E-state index contributed by atoms with van der Waals surface area (Å²) in [7, 11) is 1.81. The summed E-state index contributed by atoms with van der Waals surface area (Å²) < 4.78 is 55.2. The van der Waals surface area contributed by atoms with Gasteiger partial charge >= 0.3 is 6.18 Å². The van der Waals surface area contributed by atoms with E-state index >= 15 is 0 Å². The van der Waals surface area contributed by atoms with Crippen LogP contribution in [0.2, 0.25) is 0 Å². The van der Waals surface area contributed by atoms with Gasteiger partial charge in [0.05, 0.1) is 16.8 Å². The van der Waals surface area contributed by atoms with E-state index in [0.717, 1.165) is 28.6 Å². The van der Waals surface area contributed by atoms with Crippen LogP contribution in [0.25, 0.3) is 22.2 Å². The molecule has 0 atom stereocenters. The number of piperidine rings is 1. The Labute approximate surface area is 203 Å². The summed E-state index contributed by atoms with van der Waals surface area (Å²) in [6, 6.07) is 5.72. The predicted octanol–water partition coefficient (Wildman–Crippen LogP) is 4.30. The molecule has 36 heavy (non-hydrogen) atoms. The lowest BCUT2D eigenvalue weighted by molar-refractivity contribution is -0.138. The molecule has 0 unspecified atom stereocenters. The lowest BCUT2D eigenvalue weighted by Gasteiger charge is -2.33. The predicted molar refractivity (Wildman–Crippen MR) is 123 cm³/mol. The van der Waals surface area contributed by atoms with Gasteiger partial charge in [0.1, 0.15) is 11.5 Å². The Balaban J connectivity index is 1.32. The third kappa shape index (κ3) is 4.45. The van der Waals surface area contributed by atoms with Crippen LogP contribution in [0.3, 0.4) is 0 Å². The van der Waals surface area contributed by atoms with E-state index in [1.165, 1.54) is 4.90 Å². The second-order valence-corrected chi connectivity index (χ2v) is 8.56. The highest BCUT2D eigenvalue weighted by molar-refractivity contribution is 5.99. The molecule has 1 aliphatic rings. The number of halogens is 4. The fraction of sp³-hybridized carbons (Fsp3) is 0.292. The first-order valence-corrected chi connectivity index (χ1v) is 11.2. The number of fused-ring (bicyclic) bond motifs is 1. The zero-order valence-corrected chi connectivity index (χ0v) is 19.1. The average Bonchev–Trinajstić information content (AvgIpc) is 3.29. The lowest BCUT2D eigenvalue weighted by atomic mass is 10.0. The number of alkyl halides is 3. The van der Waals surface area contributed by atoms with Crippen LogP contribution in [-0.2, 0) is 13.2 Å². The van der Waals surface area contributed by atoms with Gasteiger partial charge in [-0.25, -0.2) is 4.39 Å². The summed E-state index contributed by atoms with van der Waals surface area (Å²) in [4.78, 5) is 18.4. The van der Waals surface area contributed by atoms with Crippen molar-refractivity contribution in [3.05, 3.63) is 65.9 Å².